The van der Waals surface area contributed by atoms with E-state index >= 15 is 0 Å². The van der Waals surface area contributed by atoms with Gasteiger partial charge in [0.05, 0.1) is 0 Å². The lowest BCUT2D eigenvalue weighted by molar-refractivity contribution is 0.448. The topological polar surface area (TPSA) is 12.4 Å². The Morgan fingerprint density at radius 2 is 1.81 bits per heavy atom. The Morgan fingerprint density at radius 3 is 2.43 bits per heavy atom. The van der Waals surface area contributed by atoms with Gasteiger partial charge in [0, 0.05) is 12.8 Å². The lowest BCUT2D eigenvalue weighted by atomic mass is 9.96. The molecule has 1 aromatic rings. The molecule has 1 atom stereocenters. The van der Waals surface area contributed by atoms with E-state index in [9.17, 15) is 0 Å². The molecule has 0 N–H and O–H groups in total. The van der Waals surface area contributed by atoms with Gasteiger partial charge in [-0.1, -0.05) is 59.2 Å². The van der Waals surface area contributed by atoms with Crippen molar-refractivity contribution < 1.29 is 0 Å². The SMILES string of the molecule is CCCCc1cccc(CC)c1C=NCC(C)CC(C)C. The largest absolute Gasteiger partial charge is 0.292 e. The number of nitrogens with zero attached hydrogens (tertiary/aromatic N) is 1. The maximum Gasteiger partial charge on any atom is 0.0415 e. The second-order valence-corrected chi connectivity index (χ2v) is 6.68. The zero-order valence-electron chi connectivity index (χ0n) is 14.7. The molecule has 0 fully saturated rings. The van der Waals surface area contributed by atoms with Crippen molar-refractivity contribution in [3.05, 3.63) is 34.9 Å². The number of unbranched alkanes of at least 4 members (excludes halogenated alkanes) is 1. The van der Waals surface area contributed by atoms with Crippen LogP contribution in [0.5, 0.6) is 0 Å². The van der Waals surface area contributed by atoms with Crippen molar-refractivity contribution in [1.29, 1.82) is 0 Å². The van der Waals surface area contributed by atoms with E-state index in [1.54, 1.807) is 0 Å². The van der Waals surface area contributed by atoms with Crippen molar-refractivity contribution in [3.8, 4) is 0 Å². The third kappa shape index (κ3) is 6.46. The van der Waals surface area contributed by atoms with Crippen LogP contribution < -0.4 is 0 Å². The molecule has 1 nitrogen and oxygen atoms in total. The highest BCUT2D eigenvalue weighted by molar-refractivity contribution is 5.84. The molecule has 0 heterocycles. The third-order valence-electron chi connectivity index (χ3n) is 3.98. The summed E-state index contributed by atoms with van der Waals surface area (Å²) in [6.45, 7) is 12.3. The highest BCUT2D eigenvalue weighted by Gasteiger charge is 2.06. The van der Waals surface area contributed by atoms with Crippen LogP contribution in [0.25, 0.3) is 0 Å². The normalized spacial score (nSPS) is 13.2. The van der Waals surface area contributed by atoms with Gasteiger partial charge < -0.3 is 0 Å². The molecule has 0 aliphatic rings. The smallest absolute Gasteiger partial charge is 0.0415 e. The van der Waals surface area contributed by atoms with Crippen LogP contribution in [0.15, 0.2) is 23.2 Å². The van der Waals surface area contributed by atoms with E-state index in [0.717, 1.165) is 18.9 Å². The lowest BCUT2D eigenvalue weighted by Crippen LogP contribution is -2.05. The molecule has 0 aliphatic carbocycles. The molecule has 0 aliphatic heterocycles. The van der Waals surface area contributed by atoms with Gasteiger partial charge in [-0.05, 0) is 54.2 Å². The summed E-state index contributed by atoms with van der Waals surface area (Å²) in [6.07, 6.45) is 8.17. The molecule has 0 saturated heterocycles. The van der Waals surface area contributed by atoms with Gasteiger partial charge in [-0.15, -0.1) is 0 Å². The molecule has 0 aromatic heterocycles. The minimum absolute atomic E-state index is 0.675. The molecule has 1 aromatic carbocycles. The van der Waals surface area contributed by atoms with Crippen LogP contribution in [0.2, 0.25) is 0 Å². The summed E-state index contributed by atoms with van der Waals surface area (Å²) in [5, 5.41) is 0. The maximum atomic E-state index is 4.75. The third-order valence-corrected chi connectivity index (χ3v) is 3.98. The Hall–Kier alpha value is -1.11. The van der Waals surface area contributed by atoms with Crippen LogP contribution in [0.4, 0.5) is 0 Å². The van der Waals surface area contributed by atoms with Crippen LogP contribution in [0, 0.1) is 11.8 Å². The second-order valence-electron chi connectivity index (χ2n) is 6.68. The van der Waals surface area contributed by atoms with E-state index in [0.29, 0.717) is 5.92 Å². The zero-order chi connectivity index (χ0) is 15.7. The van der Waals surface area contributed by atoms with E-state index in [-0.39, 0.29) is 0 Å². The number of aliphatic imine (C=N–C) groups is 1. The molecular weight excluding hydrogens is 254 g/mol. The molecule has 0 saturated carbocycles. The van der Waals surface area contributed by atoms with Crippen molar-refractivity contribution in [2.45, 2.75) is 66.7 Å². The number of hydrogen-bond donors (Lipinski definition) is 0. The molecule has 0 amide bonds. The first-order chi connectivity index (χ1) is 10.1. The van der Waals surface area contributed by atoms with Crippen molar-refractivity contribution in [2.75, 3.05) is 6.54 Å². The van der Waals surface area contributed by atoms with Crippen LogP contribution in [-0.4, -0.2) is 12.8 Å². The molecule has 21 heavy (non-hydrogen) atoms. The standard InChI is InChI=1S/C20H33N/c1-6-8-10-19-12-9-11-18(7-2)20(19)15-21-14-17(5)13-16(3)4/h9,11-12,15-17H,6-8,10,13-14H2,1-5H3. The highest BCUT2D eigenvalue weighted by atomic mass is 14.7. The van der Waals surface area contributed by atoms with Gasteiger partial charge in [0.25, 0.3) is 0 Å². The van der Waals surface area contributed by atoms with Gasteiger partial charge in [-0.2, -0.15) is 0 Å². The summed E-state index contributed by atoms with van der Waals surface area (Å²) in [4.78, 5) is 4.75. The molecule has 1 heteroatoms. The summed E-state index contributed by atoms with van der Waals surface area (Å²) in [6, 6.07) is 6.71. The minimum atomic E-state index is 0.675. The zero-order valence-corrected chi connectivity index (χ0v) is 14.7. The fourth-order valence-corrected chi connectivity index (χ4v) is 2.93. The lowest BCUT2D eigenvalue weighted by Gasteiger charge is -2.12. The number of benzene rings is 1. The summed E-state index contributed by atoms with van der Waals surface area (Å²) < 4.78 is 0. The van der Waals surface area contributed by atoms with E-state index in [1.807, 2.05) is 0 Å². The summed E-state index contributed by atoms with van der Waals surface area (Å²) in [5.74, 6) is 1.44. The Bertz CT molecular complexity index is 431. The summed E-state index contributed by atoms with van der Waals surface area (Å²) in [7, 11) is 0. The number of rotatable bonds is 9. The van der Waals surface area contributed by atoms with E-state index in [4.69, 9.17) is 4.99 Å². The van der Waals surface area contributed by atoms with Gasteiger partial charge in [-0.3, -0.25) is 4.99 Å². The Labute approximate surface area is 131 Å². The number of hydrogen-bond acceptors (Lipinski definition) is 1. The molecule has 0 bridgehead atoms. The predicted molar refractivity (Wildman–Crippen MR) is 95.5 cm³/mol. The fraction of sp³-hybridized carbons (Fsp3) is 0.650. The Morgan fingerprint density at radius 1 is 1.10 bits per heavy atom. The van der Waals surface area contributed by atoms with Crippen molar-refractivity contribution in [1.82, 2.24) is 0 Å². The van der Waals surface area contributed by atoms with E-state index < -0.39 is 0 Å². The first-order valence-corrected chi connectivity index (χ1v) is 8.69. The van der Waals surface area contributed by atoms with Gasteiger partial charge in [0.15, 0.2) is 0 Å². The molecule has 0 radical (unpaired) electrons. The van der Waals surface area contributed by atoms with Crippen molar-refractivity contribution in [3.63, 3.8) is 0 Å². The first kappa shape index (κ1) is 17.9. The van der Waals surface area contributed by atoms with E-state index in [2.05, 4.69) is 59.0 Å². The highest BCUT2D eigenvalue weighted by Crippen LogP contribution is 2.17. The summed E-state index contributed by atoms with van der Waals surface area (Å²) in [5.41, 5.74) is 4.28. The monoisotopic (exact) mass is 287 g/mol. The summed E-state index contributed by atoms with van der Waals surface area (Å²) >= 11 is 0. The molecule has 0 spiro atoms. The minimum Gasteiger partial charge on any atom is -0.292 e. The molecule has 1 unspecified atom stereocenters. The van der Waals surface area contributed by atoms with Crippen LogP contribution in [0.3, 0.4) is 0 Å². The average molecular weight is 287 g/mol. The van der Waals surface area contributed by atoms with Crippen LogP contribution in [-0.2, 0) is 12.8 Å². The predicted octanol–water partition coefficient (Wildman–Crippen LogP) is 5.69. The Kier molecular flexibility index (Phi) is 8.34. The number of aryl methyl sites for hydroxylation is 2. The van der Waals surface area contributed by atoms with Crippen molar-refractivity contribution >= 4 is 6.21 Å². The van der Waals surface area contributed by atoms with Gasteiger partial charge >= 0.3 is 0 Å². The Balaban J connectivity index is 2.79. The fourth-order valence-electron chi connectivity index (χ4n) is 2.93. The van der Waals surface area contributed by atoms with Crippen LogP contribution >= 0.6 is 0 Å². The van der Waals surface area contributed by atoms with Gasteiger partial charge in [0.2, 0.25) is 0 Å². The van der Waals surface area contributed by atoms with E-state index in [1.165, 1.54) is 42.4 Å². The molecular formula is C20H33N. The first-order valence-electron chi connectivity index (χ1n) is 8.69. The molecule has 118 valence electrons. The average Bonchev–Trinajstić information content (AvgIpc) is 2.45. The van der Waals surface area contributed by atoms with Crippen LogP contribution in [0.1, 0.15) is 70.6 Å². The van der Waals surface area contributed by atoms with Crippen molar-refractivity contribution in [2.24, 2.45) is 16.8 Å². The quantitative estimate of drug-likeness (QED) is 0.517. The van der Waals surface area contributed by atoms with Gasteiger partial charge in [-0.25, -0.2) is 0 Å². The van der Waals surface area contributed by atoms with Gasteiger partial charge in [0.1, 0.15) is 0 Å². The molecule has 1 rings (SSSR count). The maximum absolute atomic E-state index is 4.75. The second kappa shape index (κ2) is 9.76.